The summed E-state index contributed by atoms with van der Waals surface area (Å²) in [6.07, 6.45) is 3.46. The van der Waals surface area contributed by atoms with Crippen LogP contribution in [-0.2, 0) is 6.42 Å². The van der Waals surface area contributed by atoms with Crippen LogP contribution in [0.3, 0.4) is 0 Å². The lowest BCUT2D eigenvalue weighted by Gasteiger charge is -2.24. The van der Waals surface area contributed by atoms with Gasteiger partial charge in [-0.2, -0.15) is 0 Å². The van der Waals surface area contributed by atoms with Crippen molar-refractivity contribution in [2.45, 2.75) is 38.3 Å². The van der Waals surface area contributed by atoms with Crippen LogP contribution in [0.5, 0.6) is 0 Å². The summed E-state index contributed by atoms with van der Waals surface area (Å²) in [5, 5.41) is 6.21. The van der Waals surface area contributed by atoms with Gasteiger partial charge in [-0.3, -0.25) is 9.69 Å². The molecular weight excluding hydrogens is 298 g/mol. The Kier molecular flexibility index (Phi) is 7.87. The Bertz CT molecular complexity index is 477. The molecule has 2 rings (SSSR count). The number of hydrogen-bond acceptors (Lipinski definition) is 3. The van der Waals surface area contributed by atoms with Gasteiger partial charge in [-0.25, -0.2) is 0 Å². The average molecular weight is 326 g/mol. The van der Waals surface area contributed by atoms with Gasteiger partial charge in [0.25, 0.3) is 5.91 Å². The normalized spacial score (nSPS) is 15.3. The van der Waals surface area contributed by atoms with Crippen LogP contribution < -0.4 is 10.6 Å². The van der Waals surface area contributed by atoms with E-state index < -0.39 is 0 Å². The van der Waals surface area contributed by atoms with Crippen LogP contribution >= 0.6 is 12.4 Å². The Morgan fingerprint density at radius 1 is 1.36 bits per heavy atom. The molecule has 5 heteroatoms. The van der Waals surface area contributed by atoms with E-state index in [1.807, 2.05) is 31.3 Å². The molecule has 0 bridgehead atoms. The lowest BCUT2D eigenvalue weighted by Crippen LogP contribution is -2.41. The van der Waals surface area contributed by atoms with Gasteiger partial charge in [0.15, 0.2) is 0 Å². The van der Waals surface area contributed by atoms with Crippen LogP contribution in [0.1, 0.15) is 35.7 Å². The molecule has 0 saturated heterocycles. The number of rotatable bonds is 8. The molecular formula is C17H28ClN3O. The van der Waals surface area contributed by atoms with Crippen molar-refractivity contribution in [2.75, 3.05) is 27.2 Å². The molecule has 1 amide bonds. The van der Waals surface area contributed by atoms with Gasteiger partial charge in [-0.15, -0.1) is 12.4 Å². The molecule has 4 nitrogen and oxygen atoms in total. The first kappa shape index (κ1) is 18.9. The highest BCUT2D eigenvalue weighted by atomic mass is 35.5. The van der Waals surface area contributed by atoms with E-state index in [9.17, 15) is 4.79 Å². The van der Waals surface area contributed by atoms with Crippen LogP contribution in [-0.4, -0.2) is 50.1 Å². The third-order valence-corrected chi connectivity index (χ3v) is 4.28. The maximum Gasteiger partial charge on any atom is 0.251 e. The second-order valence-corrected chi connectivity index (χ2v) is 5.97. The SMILES string of the molecule is CNCCc1ccccc1C(=O)NCC(C)N(C)C1CC1.Cl. The quantitative estimate of drug-likeness (QED) is 0.769. The van der Waals surface area contributed by atoms with E-state index in [-0.39, 0.29) is 18.3 Å². The number of carbonyl (C=O) groups is 1. The van der Waals surface area contributed by atoms with Gasteiger partial charge in [0.2, 0.25) is 0 Å². The Hall–Kier alpha value is -1.10. The first-order valence-electron chi connectivity index (χ1n) is 7.86. The largest absolute Gasteiger partial charge is 0.350 e. The number of benzene rings is 1. The number of nitrogens with zero attached hydrogens (tertiary/aromatic N) is 1. The van der Waals surface area contributed by atoms with Crippen LogP contribution in [0.15, 0.2) is 24.3 Å². The monoisotopic (exact) mass is 325 g/mol. The summed E-state index contributed by atoms with van der Waals surface area (Å²) in [6, 6.07) is 8.97. The van der Waals surface area contributed by atoms with Crippen molar-refractivity contribution >= 4 is 18.3 Å². The zero-order valence-electron chi connectivity index (χ0n) is 13.8. The van der Waals surface area contributed by atoms with Crippen molar-refractivity contribution in [3.63, 3.8) is 0 Å². The molecule has 1 aromatic rings. The minimum Gasteiger partial charge on any atom is -0.350 e. The van der Waals surface area contributed by atoms with Crippen molar-refractivity contribution < 1.29 is 4.79 Å². The minimum atomic E-state index is 0. The van der Waals surface area contributed by atoms with E-state index >= 15 is 0 Å². The molecule has 1 aliphatic rings. The fourth-order valence-corrected chi connectivity index (χ4v) is 2.54. The molecule has 2 N–H and O–H groups in total. The number of halogens is 1. The standard InChI is InChI=1S/C17H27N3O.ClH/c1-13(20(3)15-8-9-15)12-19-17(21)16-7-5-4-6-14(16)10-11-18-2;/h4-7,13,15,18H,8-12H2,1-3H3,(H,19,21);1H. The van der Waals surface area contributed by atoms with Crippen molar-refractivity contribution in [1.29, 1.82) is 0 Å². The van der Waals surface area contributed by atoms with Crippen LogP contribution in [0.4, 0.5) is 0 Å². The summed E-state index contributed by atoms with van der Waals surface area (Å²) in [4.78, 5) is 14.8. The number of amides is 1. The van der Waals surface area contributed by atoms with Gasteiger partial charge < -0.3 is 10.6 Å². The predicted molar refractivity (Wildman–Crippen MR) is 93.9 cm³/mol. The van der Waals surface area contributed by atoms with Crippen molar-refractivity contribution in [1.82, 2.24) is 15.5 Å². The molecule has 0 radical (unpaired) electrons. The molecule has 0 aliphatic heterocycles. The summed E-state index contributed by atoms with van der Waals surface area (Å²) in [5.74, 6) is 0.0396. The number of nitrogens with one attached hydrogen (secondary N) is 2. The molecule has 0 heterocycles. The molecule has 1 atom stereocenters. The molecule has 124 valence electrons. The highest BCUT2D eigenvalue weighted by Crippen LogP contribution is 2.26. The molecule has 1 unspecified atom stereocenters. The number of likely N-dealkylation sites (N-methyl/N-ethyl adjacent to an activating group) is 2. The Balaban J connectivity index is 0.00000242. The summed E-state index contributed by atoms with van der Waals surface area (Å²) in [5.41, 5.74) is 1.90. The van der Waals surface area contributed by atoms with Crippen molar-refractivity contribution in [3.8, 4) is 0 Å². The fraction of sp³-hybridized carbons (Fsp3) is 0.588. The molecule has 22 heavy (non-hydrogen) atoms. The molecule has 0 spiro atoms. The number of carbonyl (C=O) groups excluding carboxylic acids is 1. The third kappa shape index (κ3) is 5.27. The lowest BCUT2D eigenvalue weighted by molar-refractivity contribution is 0.0938. The first-order chi connectivity index (χ1) is 10.1. The van der Waals surface area contributed by atoms with Gasteiger partial charge in [0.05, 0.1) is 0 Å². The highest BCUT2D eigenvalue weighted by molar-refractivity contribution is 5.95. The van der Waals surface area contributed by atoms with E-state index in [0.717, 1.165) is 30.1 Å². The summed E-state index contributed by atoms with van der Waals surface area (Å²) in [7, 11) is 4.08. The number of hydrogen-bond donors (Lipinski definition) is 2. The van der Waals surface area contributed by atoms with Gasteiger partial charge in [0, 0.05) is 24.2 Å². The molecule has 0 aromatic heterocycles. The van der Waals surface area contributed by atoms with E-state index in [0.29, 0.717) is 12.6 Å². The zero-order chi connectivity index (χ0) is 15.2. The smallest absolute Gasteiger partial charge is 0.251 e. The minimum absolute atomic E-state index is 0. The topological polar surface area (TPSA) is 44.4 Å². The van der Waals surface area contributed by atoms with E-state index in [1.54, 1.807) is 0 Å². The lowest BCUT2D eigenvalue weighted by atomic mass is 10.0. The van der Waals surface area contributed by atoms with Crippen LogP contribution in [0, 0.1) is 0 Å². The Morgan fingerprint density at radius 2 is 2.05 bits per heavy atom. The Morgan fingerprint density at radius 3 is 2.68 bits per heavy atom. The Labute approximate surface area is 140 Å². The van der Waals surface area contributed by atoms with E-state index in [4.69, 9.17) is 0 Å². The van der Waals surface area contributed by atoms with Crippen molar-refractivity contribution in [2.24, 2.45) is 0 Å². The second kappa shape index (κ2) is 9.13. The first-order valence-corrected chi connectivity index (χ1v) is 7.86. The van der Waals surface area contributed by atoms with Gasteiger partial charge in [0.1, 0.15) is 0 Å². The van der Waals surface area contributed by atoms with Crippen molar-refractivity contribution in [3.05, 3.63) is 35.4 Å². The van der Waals surface area contributed by atoms with E-state index in [2.05, 4.69) is 29.5 Å². The summed E-state index contributed by atoms with van der Waals surface area (Å²) in [6.45, 7) is 3.75. The fourth-order valence-electron chi connectivity index (χ4n) is 2.54. The van der Waals surface area contributed by atoms with Gasteiger partial charge in [-0.1, -0.05) is 18.2 Å². The second-order valence-electron chi connectivity index (χ2n) is 5.97. The molecule has 1 aromatic carbocycles. The summed E-state index contributed by atoms with van der Waals surface area (Å²) < 4.78 is 0. The van der Waals surface area contributed by atoms with Gasteiger partial charge >= 0.3 is 0 Å². The molecule has 1 saturated carbocycles. The van der Waals surface area contributed by atoms with Crippen LogP contribution in [0.25, 0.3) is 0 Å². The van der Waals surface area contributed by atoms with Gasteiger partial charge in [-0.05, 0) is 58.5 Å². The predicted octanol–water partition coefficient (Wildman–Crippen LogP) is 2.08. The zero-order valence-corrected chi connectivity index (χ0v) is 14.6. The molecule has 1 aliphatic carbocycles. The highest BCUT2D eigenvalue weighted by Gasteiger charge is 2.29. The van der Waals surface area contributed by atoms with Crippen LogP contribution in [0.2, 0.25) is 0 Å². The molecule has 1 fully saturated rings. The average Bonchev–Trinajstić information content (AvgIpc) is 3.34. The maximum atomic E-state index is 12.4. The summed E-state index contributed by atoms with van der Waals surface area (Å²) >= 11 is 0. The van der Waals surface area contributed by atoms with E-state index in [1.165, 1.54) is 12.8 Å². The third-order valence-electron chi connectivity index (χ3n) is 4.28. The maximum absolute atomic E-state index is 12.4.